The molecule has 8 heteroatoms. The van der Waals surface area contributed by atoms with Gasteiger partial charge in [-0.15, -0.1) is 0 Å². The lowest BCUT2D eigenvalue weighted by Gasteiger charge is -2.33. The summed E-state index contributed by atoms with van der Waals surface area (Å²) in [7, 11) is 1.79. The van der Waals surface area contributed by atoms with Gasteiger partial charge in [-0.2, -0.15) is 0 Å². The minimum atomic E-state index is -0.422. The number of fused-ring (bicyclic) bond motifs is 1. The highest BCUT2D eigenvalue weighted by Gasteiger charge is 2.26. The Morgan fingerprint density at radius 1 is 1.07 bits per heavy atom. The Labute approximate surface area is 178 Å². The zero-order valence-electron chi connectivity index (χ0n) is 15.7. The van der Waals surface area contributed by atoms with Crippen molar-refractivity contribution in [3.05, 3.63) is 64.3 Å². The monoisotopic (exact) mass is 428 g/mol. The molecule has 29 heavy (non-hydrogen) atoms. The molecular weight excluding hydrogens is 411 g/mol. The highest BCUT2D eigenvalue weighted by Crippen LogP contribution is 2.32. The van der Waals surface area contributed by atoms with E-state index >= 15 is 0 Å². The molecular formula is C21H18Cl2N4O2. The molecule has 0 bridgehead atoms. The standard InChI is InChI=1S/C21H18Cl2N4O2/c1-26-11-4-12-27(21(26)29)17-9-10-24-19-13(17)5-2-8-16(19)25-20(28)18-14(22)6-3-7-15(18)23/h2-3,5-10H,4,11-12H2,1H3,(H,25,28). The Morgan fingerprint density at radius 2 is 1.79 bits per heavy atom. The number of urea groups is 1. The summed E-state index contributed by atoms with van der Waals surface area (Å²) in [6, 6.07) is 12.1. The summed E-state index contributed by atoms with van der Waals surface area (Å²) in [6.07, 6.45) is 2.52. The van der Waals surface area contributed by atoms with Crippen LogP contribution in [0, 0.1) is 0 Å². The summed E-state index contributed by atoms with van der Waals surface area (Å²) in [6.45, 7) is 1.37. The second-order valence-corrected chi connectivity index (χ2v) is 7.61. The van der Waals surface area contributed by atoms with Gasteiger partial charge in [0.05, 0.1) is 32.5 Å². The van der Waals surface area contributed by atoms with Crippen LogP contribution in [0.25, 0.3) is 10.9 Å². The van der Waals surface area contributed by atoms with E-state index in [1.54, 1.807) is 47.3 Å². The second-order valence-electron chi connectivity index (χ2n) is 6.79. The van der Waals surface area contributed by atoms with Gasteiger partial charge in [-0.1, -0.05) is 41.4 Å². The van der Waals surface area contributed by atoms with Crippen LogP contribution in [0.4, 0.5) is 16.2 Å². The molecule has 1 N–H and O–H groups in total. The normalized spacial score (nSPS) is 14.4. The van der Waals surface area contributed by atoms with E-state index in [2.05, 4.69) is 10.3 Å². The molecule has 1 aliphatic rings. The number of hydrogen-bond acceptors (Lipinski definition) is 3. The first-order valence-electron chi connectivity index (χ1n) is 9.13. The van der Waals surface area contributed by atoms with Crippen molar-refractivity contribution in [3.63, 3.8) is 0 Å². The van der Waals surface area contributed by atoms with Gasteiger partial charge in [-0.25, -0.2) is 4.79 Å². The predicted octanol–water partition coefficient (Wildman–Crippen LogP) is 5.06. The number of para-hydroxylation sites is 1. The molecule has 0 unspecified atom stereocenters. The minimum Gasteiger partial charge on any atom is -0.327 e. The third-order valence-corrected chi connectivity index (χ3v) is 5.54. The van der Waals surface area contributed by atoms with Crippen molar-refractivity contribution in [2.24, 2.45) is 0 Å². The van der Waals surface area contributed by atoms with Crippen LogP contribution in [0.1, 0.15) is 16.8 Å². The molecule has 2 heterocycles. The number of pyridine rings is 1. The van der Waals surface area contributed by atoms with Crippen LogP contribution in [0.5, 0.6) is 0 Å². The predicted molar refractivity (Wildman–Crippen MR) is 116 cm³/mol. The Morgan fingerprint density at radius 3 is 2.55 bits per heavy atom. The first-order valence-corrected chi connectivity index (χ1v) is 9.88. The molecule has 1 saturated heterocycles. The molecule has 148 valence electrons. The van der Waals surface area contributed by atoms with Crippen LogP contribution >= 0.6 is 23.2 Å². The molecule has 3 amide bonds. The Bertz CT molecular complexity index is 1100. The number of nitrogens with one attached hydrogen (secondary N) is 1. The van der Waals surface area contributed by atoms with Crippen LogP contribution in [0.2, 0.25) is 10.0 Å². The van der Waals surface area contributed by atoms with Crippen molar-refractivity contribution in [2.45, 2.75) is 6.42 Å². The second kappa shape index (κ2) is 7.89. The number of halogens is 2. The number of nitrogens with zero attached hydrogens (tertiary/aromatic N) is 3. The molecule has 0 atom stereocenters. The number of aromatic nitrogens is 1. The molecule has 0 aliphatic carbocycles. The third kappa shape index (κ3) is 3.61. The summed E-state index contributed by atoms with van der Waals surface area (Å²) in [5.41, 5.74) is 2.07. The number of amides is 3. The largest absolute Gasteiger partial charge is 0.327 e. The van der Waals surface area contributed by atoms with E-state index in [1.165, 1.54) is 0 Å². The summed E-state index contributed by atoms with van der Waals surface area (Å²) < 4.78 is 0. The molecule has 3 aromatic rings. The molecule has 0 saturated carbocycles. The summed E-state index contributed by atoms with van der Waals surface area (Å²) in [4.78, 5) is 33.3. The zero-order valence-corrected chi connectivity index (χ0v) is 17.2. The average molecular weight is 429 g/mol. The topological polar surface area (TPSA) is 65.5 Å². The van der Waals surface area contributed by atoms with Crippen molar-refractivity contribution in [3.8, 4) is 0 Å². The number of carbonyl (C=O) groups excluding carboxylic acids is 2. The highest BCUT2D eigenvalue weighted by molar-refractivity contribution is 6.40. The molecule has 4 rings (SSSR count). The number of anilines is 2. The van der Waals surface area contributed by atoms with Gasteiger partial charge in [-0.05, 0) is 30.7 Å². The number of rotatable bonds is 3. The van der Waals surface area contributed by atoms with E-state index in [0.717, 1.165) is 24.0 Å². The molecule has 1 fully saturated rings. The lowest BCUT2D eigenvalue weighted by Crippen LogP contribution is -2.47. The number of benzene rings is 2. The van der Waals surface area contributed by atoms with E-state index in [4.69, 9.17) is 23.2 Å². The first-order chi connectivity index (χ1) is 14.0. The number of carbonyl (C=O) groups is 2. The van der Waals surface area contributed by atoms with Crippen molar-refractivity contribution >= 4 is 57.4 Å². The summed E-state index contributed by atoms with van der Waals surface area (Å²) >= 11 is 12.3. The van der Waals surface area contributed by atoms with Gasteiger partial charge in [-0.3, -0.25) is 14.7 Å². The summed E-state index contributed by atoms with van der Waals surface area (Å²) in [5, 5.41) is 4.16. The van der Waals surface area contributed by atoms with Crippen molar-refractivity contribution in [1.29, 1.82) is 0 Å². The van der Waals surface area contributed by atoms with Crippen LogP contribution in [0.15, 0.2) is 48.7 Å². The number of hydrogen-bond donors (Lipinski definition) is 1. The quantitative estimate of drug-likeness (QED) is 0.633. The molecule has 1 aliphatic heterocycles. The van der Waals surface area contributed by atoms with E-state index in [-0.39, 0.29) is 21.6 Å². The molecule has 0 spiro atoms. The lowest BCUT2D eigenvalue weighted by atomic mass is 10.1. The minimum absolute atomic E-state index is 0.0546. The molecule has 2 aromatic carbocycles. The van der Waals surface area contributed by atoms with Crippen LogP contribution < -0.4 is 10.2 Å². The van der Waals surface area contributed by atoms with Gasteiger partial charge >= 0.3 is 6.03 Å². The van der Waals surface area contributed by atoms with Gasteiger partial charge in [0, 0.05) is 31.7 Å². The Balaban J connectivity index is 1.74. The maximum Gasteiger partial charge on any atom is 0.324 e. The van der Waals surface area contributed by atoms with Crippen LogP contribution in [-0.4, -0.2) is 42.0 Å². The Hall–Kier alpha value is -2.83. The van der Waals surface area contributed by atoms with E-state index in [1.807, 2.05) is 18.2 Å². The highest BCUT2D eigenvalue weighted by atomic mass is 35.5. The molecule has 6 nitrogen and oxygen atoms in total. The van der Waals surface area contributed by atoms with Gasteiger partial charge in [0.15, 0.2) is 0 Å². The fourth-order valence-electron chi connectivity index (χ4n) is 3.48. The zero-order chi connectivity index (χ0) is 20.5. The van der Waals surface area contributed by atoms with Crippen molar-refractivity contribution in [1.82, 2.24) is 9.88 Å². The van der Waals surface area contributed by atoms with E-state index in [0.29, 0.717) is 17.7 Å². The smallest absolute Gasteiger partial charge is 0.324 e. The maximum atomic E-state index is 12.8. The van der Waals surface area contributed by atoms with Crippen LogP contribution in [-0.2, 0) is 0 Å². The maximum absolute atomic E-state index is 12.8. The van der Waals surface area contributed by atoms with Gasteiger partial charge in [0.2, 0.25) is 0 Å². The van der Waals surface area contributed by atoms with Gasteiger partial charge in [0.1, 0.15) is 0 Å². The fraction of sp³-hybridized carbons (Fsp3) is 0.190. The third-order valence-electron chi connectivity index (χ3n) is 4.91. The van der Waals surface area contributed by atoms with Crippen molar-refractivity contribution < 1.29 is 9.59 Å². The lowest BCUT2D eigenvalue weighted by molar-refractivity contribution is 0.102. The molecule has 0 radical (unpaired) electrons. The van der Waals surface area contributed by atoms with Gasteiger partial charge in [0.25, 0.3) is 5.91 Å². The van der Waals surface area contributed by atoms with Crippen molar-refractivity contribution in [2.75, 3.05) is 30.4 Å². The first kappa shape index (κ1) is 19.5. The van der Waals surface area contributed by atoms with Crippen LogP contribution in [0.3, 0.4) is 0 Å². The van der Waals surface area contributed by atoms with E-state index < -0.39 is 5.91 Å². The SMILES string of the molecule is CN1CCCN(c2ccnc3c(NC(=O)c4c(Cl)cccc4Cl)cccc23)C1=O. The summed E-state index contributed by atoms with van der Waals surface area (Å²) in [5.74, 6) is -0.422. The van der Waals surface area contributed by atoms with E-state index in [9.17, 15) is 9.59 Å². The Kier molecular flexibility index (Phi) is 5.30. The molecule has 1 aromatic heterocycles. The fourth-order valence-corrected chi connectivity index (χ4v) is 4.05. The van der Waals surface area contributed by atoms with Gasteiger partial charge < -0.3 is 10.2 Å². The average Bonchev–Trinajstić information content (AvgIpc) is 2.70.